The zero-order valence-electron chi connectivity index (χ0n) is 10.7. The van der Waals surface area contributed by atoms with Gasteiger partial charge in [-0.15, -0.1) is 0 Å². The van der Waals surface area contributed by atoms with Crippen LogP contribution in [0.5, 0.6) is 0 Å². The number of aryl methyl sites for hydroxylation is 2. The maximum absolute atomic E-state index is 3.28. The van der Waals surface area contributed by atoms with Gasteiger partial charge in [-0.1, -0.05) is 29.3 Å². The van der Waals surface area contributed by atoms with Crippen LogP contribution in [0.2, 0.25) is 0 Å². The van der Waals surface area contributed by atoms with Crippen molar-refractivity contribution < 1.29 is 0 Å². The van der Waals surface area contributed by atoms with Gasteiger partial charge in [-0.05, 0) is 64.1 Å². The van der Waals surface area contributed by atoms with Crippen molar-refractivity contribution in [3.63, 3.8) is 0 Å². The van der Waals surface area contributed by atoms with E-state index in [9.17, 15) is 0 Å². The summed E-state index contributed by atoms with van der Waals surface area (Å²) in [6.45, 7) is 5.55. The Hall–Kier alpha value is -0.820. The van der Waals surface area contributed by atoms with E-state index in [0.717, 1.165) is 18.4 Å². The maximum atomic E-state index is 3.28. The minimum Gasteiger partial charge on any atom is -0.320 e. The van der Waals surface area contributed by atoms with E-state index < -0.39 is 0 Å². The minimum atomic E-state index is 0.783. The van der Waals surface area contributed by atoms with Crippen LogP contribution in [0.3, 0.4) is 0 Å². The third-order valence-corrected chi connectivity index (χ3v) is 3.57. The SMILES string of the molecule is CNCCC(c1cc(C)cc(C)c1)C1CC1. The molecule has 1 heteroatoms. The first-order valence-corrected chi connectivity index (χ1v) is 6.43. The lowest BCUT2D eigenvalue weighted by atomic mass is 9.89. The summed E-state index contributed by atoms with van der Waals surface area (Å²) in [5, 5.41) is 3.28. The van der Waals surface area contributed by atoms with E-state index in [1.807, 2.05) is 7.05 Å². The summed E-state index contributed by atoms with van der Waals surface area (Å²) >= 11 is 0. The molecule has 0 saturated heterocycles. The van der Waals surface area contributed by atoms with Crippen LogP contribution in [0.25, 0.3) is 0 Å². The van der Waals surface area contributed by atoms with E-state index in [2.05, 4.69) is 37.4 Å². The van der Waals surface area contributed by atoms with Crippen molar-refractivity contribution in [1.29, 1.82) is 0 Å². The largest absolute Gasteiger partial charge is 0.320 e. The van der Waals surface area contributed by atoms with E-state index in [-0.39, 0.29) is 0 Å². The van der Waals surface area contributed by atoms with Crippen LogP contribution < -0.4 is 5.32 Å². The van der Waals surface area contributed by atoms with Crippen molar-refractivity contribution in [3.8, 4) is 0 Å². The van der Waals surface area contributed by atoms with Crippen molar-refractivity contribution in [2.45, 2.75) is 39.0 Å². The fraction of sp³-hybridized carbons (Fsp3) is 0.600. The summed E-state index contributed by atoms with van der Waals surface area (Å²) in [4.78, 5) is 0. The Morgan fingerprint density at radius 1 is 1.19 bits per heavy atom. The van der Waals surface area contributed by atoms with E-state index in [0.29, 0.717) is 0 Å². The highest BCUT2D eigenvalue weighted by Crippen LogP contribution is 2.44. The highest BCUT2D eigenvalue weighted by molar-refractivity contribution is 5.32. The molecular formula is C15H23N. The molecule has 0 radical (unpaired) electrons. The van der Waals surface area contributed by atoms with Crippen LogP contribution in [0.15, 0.2) is 18.2 Å². The number of hydrogen-bond donors (Lipinski definition) is 1. The molecule has 0 bridgehead atoms. The van der Waals surface area contributed by atoms with Gasteiger partial charge in [-0.2, -0.15) is 0 Å². The average molecular weight is 217 g/mol. The summed E-state index contributed by atoms with van der Waals surface area (Å²) in [7, 11) is 2.05. The zero-order chi connectivity index (χ0) is 11.5. The predicted octanol–water partition coefficient (Wildman–Crippen LogP) is 3.41. The fourth-order valence-corrected chi connectivity index (χ4v) is 2.70. The molecule has 1 N–H and O–H groups in total. The Morgan fingerprint density at radius 2 is 1.81 bits per heavy atom. The molecule has 1 aliphatic carbocycles. The molecule has 16 heavy (non-hydrogen) atoms. The van der Waals surface area contributed by atoms with Crippen molar-refractivity contribution in [2.75, 3.05) is 13.6 Å². The molecule has 1 nitrogen and oxygen atoms in total. The third kappa shape index (κ3) is 2.85. The molecule has 0 amide bonds. The first-order chi connectivity index (χ1) is 7.70. The zero-order valence-corrected chi connectivity index (χ0v) is 10.7. The Balaban J connectivity index is 2.16. The summed E-state index contributed by atoms with van der Waals surface area (Å²) in [5.41, 5.74) is 4.38. The predicted molar refractivity (Wildman–Crippen MR) is 69.9 cm³/mol. The van der Waals surface area contributed by atoms with Gasteiger partial charge in [-0.25, -0.2) is 0 Å². The second-order valence-corrected chi connectivity index (χ2v) is 5.26. The molecule has 1 atom stereocenters. The molecule has 2 rings (SSSR count). The van der Waals surface area contributed by atoms with Gasteiger partial charge in [-0.3, -0.25) is 0 Å². The van der Waals surface area contributed by atoms with Gasteiger partial charge in [0, 0.05) is 0 Å². The quantitative estimate of drug-likeness (QED) is 0.797. The van der Waals surface area contributed by atoms with Crippen molar-refractivity contribution in [1.82, 2.24) is 5.32 Å². The first-order valence-electron chi connectivity index (χ1n) is 6.43. The van der Waals surface area contributed by atoms with E-state index >= 15 is 0 Å². The van der Waals surface area contributed by atoms with Gasteiger partial charge >= 0.3 is 0 Å². The Bertz CT molecular complexity index is 332. The molecule has 1 aliphatic rings. The number of nitrogens with one attached hydrogen (secondary N) is 1. The third-order valence-electron chi connectivity index (χ3n) is 3.57. The smallest absolute Gasteiger partial charge is 0.00460 e. The number of hydrogen-bond acceptors (Lipinski definition) is 1. The van der Waals surface area contributed by atoms with E-state index in [4.69, 9.17) is 0 Å². The van der Waals surface area contributed by atoms with Crippen molar-refractivity contribution in [3.05, 3.63) is 34.9 Å². The van der Waals surface area contributed by atoms with Crippen LogP contribution in [0.4, 0.5) is 0 Å². The van der Waals surface area contributed by atoms with Crippen molar-refractivity contribution in [2.24, 2.45) is 5.92 Å². The standard InChI is InChI=1S/C15H23N/c1-11-8-12(2)10-14(9-11)15(6-7-16-3)13-4-5-13/h8-10,13,15-16H,4-7H2,1-3H3. The van der Waals surface area contributed by atoms with Gasteiger partial charge < -0.3 is 5.32 Å². The monoisotopic (exact) mass is 217 g/mol. The highest BCUT2D eigenvalue weighted by Gasteiger charge is 2.31. The first kappa shape index (κ1) is 11.7. The minimum absolute atomic E-state index is 0.783. The molecule has 0 aliphatic heterocycles. The molecule has 1 aromatic rings. The van der Waals surface area contributed by atoms with Crippen molar-refractivity contribution >= 4 is 0 Å². The summed E-state index contributed by atoms with van der Waals surface area (Å²) in [5.74, 6) is 1.74. The van der Waals surface area contributed by atoms with Crippen LogP contribution in [-0.2, 0) is 0 Å². The highest BCUT2D eigenvalue weighted by atomic mass is 14.8. The van der Waals surface area contributed by atoms with E-state index in [1.165, 1.54) is 30.4 Å². The molecule has 1 saturated carbocycles. The normalized spacial score (nSPS) is 17.4. The Labute approximate surface area is 99.3 Å². The van der Waals surface area contributed by atoms with Gasteiger partial charge in [0.25, 0.3) is 0 Å². The topological polar surface area (TPSA) is 12.0 Å². The number of rotatable bonds is 5. The molecule has 88 valence electrons. The van der Waals surface area contributed by atoms with Gasteiger partial charge in [0.2, 0.25) is 0 Å². The lowest BCUT2D eigenvalue weighted by Crippen LogP contribution is -2.13. The molecule has 1 aromatic carbocycles. The van der Waals surface area contributed by atoms with Crippen LogP contribution >= 0.6 is 0 Å². The summed E-state index contributed by atoms with van der Waals surface area (Å²) < 4.78 is 0. The fourth-order valence-electron chi connectivity index (χ4n) is 2.70. The Morgan fingerprint density at radius 3 is 2.31 bits per heavy atom. The van der Waals surface area contributed by atoms with Gasteiger partial charge in [0.15, 0.2) is 0 Å². The molecular weight excluding hydrogens is 194 g/mol. The van der Waals surface area contributed by atoms with E-state index in [1.54, 1.807) is 5.56 Å². The maximum Gasteiger partial charge on any atom is -0.00460 e. The average Bonchev–Trinajstić information content (AvgIpc) is 3.01. The van der Waals surface area contributed by atoms with Crippen LogP contribution in [0.1, 0.15) is 41.9 Å². The Kier molecular flexibility index (Phi) is 3.65. The lowest BCUT2D eigenvalue weighted by Gasteiger charge is -2.18. The second-order valence-electron chi connectivity index (χ2n) is 5.26. The lowest BCUT2D eigenvalue weighted by molar-refractivity contribution is 0.540. The summed E-state index contributed by atoms with van der Waals surface area (Å²) in [6, 6.07) is 7.03. The second kappa shape index (κ2) is 5.01. The molecule has 1 unspecified atom stereocenters. The van der Waals surface area contributed by atoms with Gasteiger partial charge in [0.1, 0.15) is 0 Å². The molecule has 1 fully saturated rings. The van der Waals surface area contributed by atoms with Crippen LogP contribution in [0, 0.1) is 19.8 Å². The number of benzene rings is 1. The van der Waals surface area contributed by atoms with Gasteiger partial charge in [0.05, 0.1) is 0 Å². The van der Waals surface area contributed by atoms with Crippen LogP contribution in [-0.4, -0.2) is 13.6 Å². The summed E-state index contributed by atoms with van der Waals surface area (Å²) in [6.07, 6.45) is 4.15. The molecule has 0 heterocycles. The molecule has 0 aromatic heterocycles. The molecule has 0 spiro atoms.